The van der Waals surface area contributed by atoms with Crippen molar-refractivity contribution in [3.05, 3.63) is 71.3 Å². The van der Waals surface area contributed by atoms with Crippen molar-refractivity contribution < 1.29 is 33.2 Å². The second kappa shape index (κ2) is 10.4. The summed E-state index contributed by atoms with van der Waals surface area (Å²) in [6.45, 7) is 0.449. The van der Waals surface area contributed by atoms with E-state index in [1.165, 1.54) is 12.7 Å². The van der Waals surface area contributed by atoms with Gasteiger partial charge in [0, 0.05) is 29.5 Å². The molecular weight excluding hydrogens is 436 g/mol. The van der Waals surface area contributed by atoms with Crippen molar-refractivity contribution in [2.45, 2.75) is 18.8 Å². The first-order valence-electron chi connectivity index (χ1n) is 11.0. The molecule has 0 aliphatic carbocycles. The van der Waals surface area contributed by atoms with Crippen molar-refractivity contribution in [3.8, 4) is 34.5 Å². The molecule has 0 saturated heterocycles. The SMILES string of the molecule is COc1cccc(C2CC(=O)Oc3cc(OC)c(OC)c(OC)c32)c1OCCc1ccccc1. The molecule has 1 aliphatic rings. The van der Waals surface area contributed by atoms with Gasteiger partial charge in [0.25, 0.3) is 0 Å². The van der Waals surface area contributed by atoms with Gasteiger partial charge in [0.2, 0.25) is 5.75 Å². The van der Waals surface area contributed by atoms with E-state index in [0.717, 1.165) is 12.0 Å². The molecule has 0 saturated carbocycles. The van der Waals surface area contributed by atoms with Gasteiger partial charge in [-0.15, -0.1) is 0 Å². The summed E-state index contributed by atoms with van der Waals surface area (Å²) >= 11 is 0. The molecule has 0 radical (unpaired) electrons. The van der Waals surface area contributed by atoms with Gasteiger partial charge in [-0.25, -0.2) is 0 Å². The van der Waals surface area contributed by atoms with Crippen LogP contribution in [0.4, 0.5) is 0 Å². The van der Waals surface area contributed by atoms with E-state index in [9.17, 15) is 4.79 Å². The Kier molecular flexibility index (Phi) is 7.11. The molecule has 34 heavy (non-hydrogen) atoms. The predicted octanol–water partition coefficient (Wildman–Crippen LogP) is 4.78. The zero-order chi connectivity index (χ0) is 24.1. The van der Waals surface area contributed by atoms with E-state index in [0.29, 0.717) is 46.7 Å². The lowest BCUT2D eigenvalue weighted by Gasteiger charge is -2.29. The van der Waals surface area contributed by atoms with Gasteiger partial charge >= 0.3 is 5.97 Å². The Morgan fingerprint density at radius 2 is 1.56 bits per heavy atom. The van der Waals surface area contributed by atoms with Gasteiger partial charge in [0.05, 0.1) is 41.5 Å². The van der Waals surface area contributed by atoms with Crippen molar-refractivity contribution in [1.29, 1.82) is 0 Å². The second-order valence-corrected chi connectivity index (χ2v) is 7.75. The summed E-state index contributed by atoms with van der Waals surface area (Å²) in [5.74, 6) is 2.09. The lowest BCUT2D eigenvalue weighted by molar-refractivity contribution is -0.135. The van der Waals surface area contributed by atoms with Crippen molar-refractivity contribution in [2.24, 2.45) is 0 Å². The highest BCUT2D eigenvalue weighted by Gasteiger charge is 2.37. The van der Waals surface area contributed by atoms with E-state index in [4.69, 9.17) is 28.4 Å². The summed E-state index contributed by atoms with van der Waals surface area (Å²) < 4.78 is 34.2. The number of esters is 1. The van der Waals surface area contributed by atoms with Crippen LogP contribution in [0.1, 0.15) is 29.0 Å². The van der Waals surface area contributed by atoms with Crippen LogP contribution in [0.25, 0.3) is 0 Å². The van der Waals surface area contributed by atoms with Crippen molar-refractivity contribution >= 4 is 5.97 Å². The van der Waals surface area contributed by atoms with Crippen molar-refractivity contribution in [3.63, 3.8) is 0 Å². The van der Waals surface area contributed by atoms with E-state index >= 15 is 0 Å². The van der Waals surface area contributed by atoms with E-state index in [1.807, 2.05) is 36.4 Å². The lowest BCUT2D eigenvalue weighted by Crippen LogP contribution is -2.23. The number of methoxy groups -OCH3 is 4. The van der Waals surface area contributed by atoms with Crippen LogP contribution in [0.2, 0.25) is 0 Å². The topological polar surface area (TPSA) is 72.5 Å². The molecule has 1 heterocycles. The second-order valence-electron chi connectivity index (χ2n) is 7.75. The number of carbonyl (C=O) groups is 1. The van der Waals surface area contributed by atoms with E-state index in [2.05, 4.69) is 12.1 Å². The molecule has 3 aromatic rings. The summed E-state index contributed by atoms with van der Waals surface area (Å²) in [7, 11) is 6.21. The van der Waals surface area contributed by atoms with Crippen LogP contribution < -0.4 is 28.4 Å². The van der Waals surface area contributed by atoms with Crippen LogP contribution in [0, 0.1) is 0 Å². The summed E-state index contributed by atoms with van der Waals surface area (Å²) in [5.41, 5.74) is 2.67. The molecule has 0 spiro atoms. The number of rotatable bonds is 9. The Morgan fingerprint density at radius 3 is 2.24 bits per heavy atom. The average Bonchev–Trinajstić information content (AvgIpc) is 2.87. The molecular formula is C27H28O7. The van der Waals surface area contributed by atoms with Gasteiger partial charge in [0.1, 0.15) is 5.75 Å². The van der Waals surface area contributed by atoms with E-state index < -0.39 is 5.92 Å². The molecule has 1 aliphatic heterocycles. The third-order valence-electron chi connectivity index (χ3n) is 5.86. The minimum atomic E-state index is -0.396. The molecule has 178 valence electrons. The Labute approximate surface area is 199 Å². The highest BCUT2D eigenvalue weighted by molar-refractivity contribution is 5.81. The van der Waals surface area contributed by atoms with Gasteiger partial charge in [-0.1, -0.05) is 42.5 Å². The number of fused-ring (bicyclic) bond motifs is 1. The molecule has 4 rings (SSSR count). The Balaban J connectivity index is 1.78. The highest BCUT2D eigenvalue weighted by atomic mass is 16.6. The number of hydrogen-bond donors (Lipinski definition) is 0. The predicted molar refractivity (Wildman–Crippen MR) is 127 cm³/mol. The monoisotopic (exact) mass is 464 g/mol. The smallest absolute Gasteiger partial charge is 0.312 e. The fourth-order valence-electron chi connectivity index (χ4n) is 4.31. The largest absolute Gasteiger partial charge is 0.493 e. The maximum atomic E-state index is 12.6. The summed E-state index contributed by atoms with van der Waals surface area (Å²) in [6, 6.07) is 17.4. The third-order valence-corrected chi connectivity index (χ3v) is 5.86. The average molecular weight is 465 g/mol. The van der Waals surface area contributed by atoms with Gasteiger partial charge in [-0.2, -0.15) is 0 Å². The Bertz CT molecular complexity index is 1160. The molecule has 1 atom stereocenters. The normalized spacial score (nSPS) is 14.6. The van der Waals surface area contributed by atoms with Crippen LogP contribution in [-0.2, 0) is 11.2 Å². The van der Waals surface area contributed by atoms with Crippen LogP contribution in [-0.4, -0.2) is 41.0 Å². The molecule has 1 unspecified atom stereocenters. The minimum absolute atomic E-state index is 0.112. The van der Waals surface area contributed by atoms with Crippen LogP contribution in [0.5, 0.6) is 34.5 Å². The molecule has 7 nitrogen and oxygen atoms in total. The number of carbonyl (C=O) groups excluding carboxylic acids is 1. The number of ether oxygens (including phenoxy) is 6. The number of para-hydroxylation sites is 1. The quantitative estimate of drug-likeness (QED) is 0.333. The van der Waals surface area contributed by atoms with Crippen molar-refractivity contribution in [1.82, 2.24) is 0 Å². The molecule has 0 bridgehead atoms. The fraction of sp³-hybridized carbons (Fsp3) is 0.296. The molecule has 0 aromatic heterocycles. The first-order chi connectivity index (χ1) is 16.6. The van der Waals surface area contributed by atoms with Gasteiger partial charge < -0.3 is 28.4 Å². The number of benzene rings is 3. The van der Waals surface area contributed by atoms with Gasteiger partial charge in [-0.3, -0.25) is 4.79 Å². The first kappa shape index (κ1) is 23.3. The van der Waals surface area contributed by atoms with Gasteiger partial charge in [0.15, 0.2) is 23.0 Å². The lowest BCUT2D eigenvalue weighted by atomic mass is 9.84. The summed E-state index contributed by atoms with van der Waals surface area (Å²) in [5, 5.41) is 0. The maximum Gasteiger partial charge on any atom is 0.312 e. The summed E-state index contributed by atoms with van der Waals surface area (Å²) in [4.78, 5) is 12.6. The first-order valence-corrected chi connectivity index (χ1v) is 11.0. The molecule has 0 amide bonds. The zero-order valence-corrected chi connectivity index (χ0v) is 19.8. The summed E-state index contributed by atoms with van der Waals surface area (Å²) in [6.07, 6.45) is 0.844. The molecule has 7 heteroatoms. The van der Waals surface area contributed by atoms with Crippen LogP contribution in [0.3, 0.4) is 0 Å². The standard InChI is InChI=1S/C27H28O7/c1-29-20-12-8-11-18(25(20)33-14-13-17-9-6-5-7-10-17)19-15-23(28)34-21-16-22(30-2)26(31-3)27(32-4)24(19)21/h5-12,16,19H,13-15H2,1-4H3. The molecule has 0 fully saturated rings. The zero-order valence-electron chi connectivity index (χ0n) is 19.8. The van der Waals surface area contributed by atoms with Crippen LogP contribution in [0.15, 0.2) is 54.6 Å². The van der Waals surface area contributed by atoms with Gasteiger partial charge in [-0.05, 0) is 11.6 Å². The van der Waals surface area contributed by atoms with Crippen LogP contribution >= 0.6 is 0 Å². The third kappa shape index (κ3) is 4.46. The minimum Gasteiger partial charge on any atom is -0.493 e. The molecule has 0 N–H and O–H groups in total. The number of hydrogen-bond acceptors (Lipinski definition) is 7. The van der Waals surface area contributed by atoms with E-state index in [1.54, 1.807) is 27.4 Å². The Hall–Kier alpha value is -3.87. The van der Waals surface area contributed by atoms with Crippen molar-refractivity contribution in [2.75, 3.05) is 35.0 Å². The fourth-order valence-corrected chi connectivity index (χ4v) is 4.31. The highest BCUT2D eigenvalue weighted by Crippen LogP contribution is 2.54. The Morgan fingerprint density at radius 1 is 0.824 bits per heavy atom. The molecule has 3 aromatic carbocycles. The maximum absolute atomic E-state index is 12.6. The van der Waals surface area contributed by atoms with E-state index in [-0.39, 0.29) is 12.4 Å².